The fraction of sp³-hybridized carbons (Fsp3) is 0.692. The van der Waals surface area contributed by atoms with Crippen LogP contribution in [0.1, 0.15) is 44.2 Å². The Morgan fingerprint density at radius 2 is 2.56 bits per heavy atom. The zero-order chi connectivity index (χ0) is 13.0. The molecule has 18 heavy (non-hydrogen) atoms. The number of aromatic nitrogens is 1. The van der Waals surface area contributed by atoms with E-state index in [1.807, 2.05) is 12.3 Å². The fourth-order valence-electron chi connectivity index (χ4n) is 2.39. The molecule has 2 rings (SSSR count). The molecule has 1 aliphatic heterocycles. The molecule has 3 atom stereocenters. The van der Waals surface area contributed by atoms with E-state index in [0.717, 1.165) is 24.4 Å². The van der Waals surface area contributed by atoms with Gasteiger partial charge in [-0.1, -0.05) is 13.3 Å². The van der Waals surface area contributed by atoms with E-state index < -0.39 is 0 Å². The standard InChI is InChI=1S/C13H21N3OS/c1-3-10-4-5-14-11(8-10)12(17)16-9(2)13-15-6-7-18-13/h6-7,9-11,14H,3-5,8H2,1-2H3,(H,16,17). The Morgan fingerprint density at radius 1 is 1.72 bits per heavy atom. The van der Waals surface area contributed by atoms with Gasteiger partial charge in [-0.15, -0.1) is 11.3 Å². The van der Waals surface area contributed by atoms with Gasteiger partial charge in [-0.2, -0.15) is 0 Å². The molecule has 0 spiro atoms. The van der Waals surface area contributed by atoms with Crippen molar-refractivity contribution in [1.29, 1.82) is 0 Å². The highest BCUT2D eigenvalue weighted by molar-refractivity contribution is 7.09. The molecule has 0 saturated carbocycles. The predicted octanol–water partition coefficient (Wildman–Crippen LogP) is 2.10. The molecule has 1 amide bonds. The van der Waals surface area contributed by atoms with Crippen molar-refractivity contribution in [1.82, 2.24) is 15.6 Å². The van der Waals surface area contributed by atoms with Gasteiger partial charge in [-0.05, 0) is 32.2 Å². The van der Waals surface area contributed by atoms with Crippen LogP contribution in [0.4, 0.5) is 0 Å². The van der Waals surface area contributed by atoms with Crippen LogP contribution in [0.15, 0.2) is 11.6 Å². The van der Waals surface area contributed by atoms with Gasteiger partial charge in [-0.3, -0.25) is 4.79 Å². The van der Waals surface area contributed by atoms with Crippen molar-refractivity contribution >= 4 is 17.2 Å². The molecule has 1 aromatic rings. The number of hydrogen-bond acceptors (Lipinski definition) is 4. The Morgan fingerprint density at radius 3 is 3.22 bits per heavy atom. The van der Waals surface area contributed by atoms with Gasteiger partial charge in [0, 0.05) is 11.6 Å². The van der Waals surface area contributed by atoms with Crippen LogP contribution in [0, 0.1) is 5.92 Å². The summed E-state index contributed by atoms with van der Waals surface area (Å²) in [6.45, 7) is 5.13. The molecule has 0 radical (unpaired) electrons. The first-order valence-electron chi connectivity index (χ1n) is 6.63. The van der Waals surface area contributed by atoms with Crippen molar-refractivity contribution in [2.75, 3.05) is 6.54 Å². The molecule has 100 valence electrons. The van der Waals surface area contributed by atoms with Crippen molar-refractivity contribution in [2.24, 2.45) is 5.92 Å². The quantitative estimate of drug-likeness (QED) is 0.878. The van der Waals surface area contributed by atoms with Gasteiger partial charge in [0.1, 0.15) is 5.01 Å². The topological polar surface area (TPSA) is 54.0 Å². The third-order valence-corrected chi connectivity index (χ3v) is 4.55. The van der Waals surface area contributed by atoms with Gasteiger partial charge in [0.25, 0.3) is 0 Å². The molecule has 3 unspecified atom stereocenters. The molecule has 4 nitrogen and oxygen atoms in total. The molecule has 1 fully saturated rings. The second-order valence-electron chi connectivity index (χ2n) is 4.91. The molecule has 1 aromatic heterocycles. The Balaban J connectivity index is 1.87. The summed E-state index contributed by atoms with van der Waals surface area (Å²) in [4.78, 5) is 16.4. The summed E-state index contributed by atoms with van der Waals surface area (Å²) in [5, 5.41) is 9.25. The number of thiazole rings is 1. The van der Waals surface area contributed by atoms with E-state index in [-0.39, 0.29) is 18.0 Å². The SMILES string of the molecule is CCC1CCNC(C(=O)NC(C)c2nccs2)C1. The molecule has 2 heterocycles. The van der Waals surface area contributed by atoms with Crippen LogP contribution in [0.25, 0.3) is 0 Å². The summed E-state index contributed by atoms with van der Waals surface area (Å²) in [6.07, 6.45) is 5.07. The summed E-state index contributed by atoms with van der Waals surface area (Å²) < 4.78 is 0. The summed E-state index contributed by atoms with van der Waals surface area (Å²) in [7, 11) is 0. The van der Waals surface area contributed by atoms with E-state index in [9.17, 15) is 4.79 Å². The van der Waals surface area contributed by atoms with Crippen LogP contribution < -0.4 is 10.6 Å². The number of hydrogen-bond donors (Lipinski definition) is 2. The smallest absolute Gasteiger partial charge is 0.237 e. The molecule has 0 aliphatic carbocycles. The minimum atomic E-state index is -0.0360. The third-order valence-electron chi connectivity index (χ3n) is 3.59. The van der Waals surface area contributed by atoms with Gasteiger partial charge < -0.3 is 10.6 Å². The first-order valence-corrected chi connectivity index (χ1v) is 7.51. The van der Waals surface area contributed by atoms with Crippen LogP contribution in [0.3, 0.4) is 0 Å². The van der Waals surface area contributed by atoms with Crippen molar-refractivity contribution in [3.05, 3.63) is 16.6 Å². The summed E-state index contributed by atoms with van der Waals surface area (Å²) in [6, 6.07) is -0.0348. The number of rotatable bonds is 4. The van der Waals surface area contributed by atoms with Crippen molar-refractivity contribution < 1.29 is 4.79 Å². The maximum atomic E-state index is 12.2. The minimum absolute atomic E-state index is 0.00121. The maximum absolute atomic E-state index is 12.2. The second-order valence-corrected chi connectivity index (χ2v) is 5.83. The van der Waals surface area contributed by atoms with Gasteiger partial charge in [0.2, 0.25) is 5.91 Å². The van der Waals surface area contributed by atoms with Gasteiger partial charge in [0.05, 0.1) is 12.1 Å². The highest BCUT2D eigenvalue weighted by atomic mass is 32.1. The minimum Gasteiger partial charge on any atom is -0.346 e. The summed E-state index contributed by atoms with van der Waals surface area (Å²) in [5.41, 5.74) is 0. The average Bonchev–Trinajstić information content (AvgIpc) is 2.92. The van der Waals surface area contributed by atoms with Crippen LogP contribution >= 0.6 is 11.3 Å². The van der Waals surface area contributed by atoms with Crippen molar-refractivity contribution in [3.63, 3.8) is 0 Å². The summed E-state index contributed by atoms with van der Waals surface area (Å²) >= 11 is 1.58. The van der Waals surface area contributed by atoms with E-state index in [2.05, 4.69) is 22.5 Å². The molecule has 1 saturated heterocycles. The fourth-order valence-corrected chi connectivity index (χ4v) is 3.04. The Labute approximate surface area is 112 Å². The number of carbonyl (C=O) groups is 1. The van der Waals surface area contributed by atoms with Gasteiger partial charge in [0.15, 0.2) is 0 Å². The van der Waals surface area contributed by atoms with Crippen LogP contribution in [-0.4, -0.2) is 23.5 Å². The molecular weight excluding hydrogens is 246 g/mol. The highest BCUT2D eigenvalue weighted by Crippen LogP contribution is 2.20. The number of nitrogens with one attached hydrogen (secondary N) is 2. The zero-order valence-corrected chi connectivity index (χ0v) is 11.8. The second kappa shape index (κ2) is 6.29. The van der Waals surface area contributed by atoms with E-state index >= 15 is 0 Å². The molecule has 5 heteroatoms. The normalized spacial score (nSPS) is 25.7. The van der Waals surface area contributed by atoms with Gasteiger partial charge in [-0.25, -0.2) is 4.98 Å². The Hall–Kier alpha value is -0.940. The molecule has 0 aromatic carbocycles. The number of amides is 1. The lowest BCUT2D eigenvalue weighted by atomic mass is 9.90. The molecular formula is C13H21N3OS. The third kappa shape index (κ3) is 3.29. The monoisotopic (exact) mass is 267 g/mol. The van der Waals surface area contributed by atoms with E-state index in [1.165, 1.54) is 6.42 Å². The molecule has 2 N–H and O–H groups in total. The lowest BCUT2D eigenvalue weighted by molar-refractivity contribution is -0.124. The molecule has 1 aliphatic rings. The number of piperidine rings is 1. The number of nitrogens with zero attached hydrogens (tertiary/aromatic N) is 1. The largest absolute Gasteiger partial charge is 0.346 e. The molecule has 0 bridgehead atoms. The highest BCUT2D eigenvalue weighted by Gasteiger charge is 2.27. The Bertz CT molecular complexity index is 380. The van der Waals surface area contributed by atoms with Crippen LogP contribution in [0.2, 0.25) is 0 Å². The maximum Gasteiger partial charge on any atom is 0.237 e. The lowest BCUT2D eigenvalue weighted by Crippen LogP contribution is -2.49. The first kappa shape index (κ1) is 13.5. The van der Waals surface area contributed by atoms with E-state index in [1.54, 1.807) is 17.5 Å². The van der Waals surface area contributed by atoms with Crippen molar-refractivity contribution in [2.45, 2.75) is 45.2 Å². The number of carbonyl (C=O) groups excluding carboxylic acids is 1. The van der Waals surface area contributed by atoms with E-state index in [0.29, 0.717) is 5.92 Å². The predicted molar refractivity (Wildman–Crippen MR) is 73.5 cm³/mol. The average molecular weight is 267 g/mol. The van der Waals surface area contributed by atoms with Crippen LogP contribution in [-0.2, 0) is 4.79 Å². The lowest BCUT2D eigenvalue weighted by Gasteiger charge is -2.29. The van der Waals surface area contributed by atoms with Gasteiger partial charge >= 0.3 is 0 Å². The van der Waals surface area contributed by atoms with E-state index in [4.69, 9.17) is 0 Å². The summed E-state index contributed by atoms with van der Waals surface area (Å²) in [5.74, 6) is 0.785. The zero-order valence-electron chi connectivity index (χ0n) is 11.0. The Kier molecular flexibility index (Phi) is 4.72. The van der Waals surface area contributed by atoms with Crippen LogP contribution in [0.5, 0.6) is 0 Å². The first-order chi connectivity index (χ1) is 8.70. The van der Waals surface area contributed by atoms with Crippen molar-refractivity contribution in [3.8, 4) is 0 Å².